The van der Waals surface area contributed by atoms with E-state index < -0.39 is 5.97 Å². The molecule has 0 aliphatic heterocycles. The zero-order valence-electron chi connectivity index (χ0n) is 17.4. The van der Waals surface area contributed by atoms with Gasteiger partial charge in [-0.2, -0.15) is 0 Å². The van der Waals surface area contributed by atoms with Gasteiger partial charge in [0.1, 0.15) is 6.54 Å². The highest BCUT2D eigenvalue weighted by molar-refractivity contribution is 5.81. The molecular formula is C21H40N2O4. The maximum Gasteiger partial charge on any atom is 0.325 e. The van der Waals surface area contributed by atoms with Crippen molar-refractivity contribution >= 4 is 11.9 Å². The van der Waals surface area contributed by atoms with Crippen molar-refractivity contribution in [3.8, 4) is 0 Å². The lowest BCUT2D eigenvalue weighted by molar-refractivity contribution is -0.848. The maximum atomic E-state index is 11.6. The largest absolute Gasteiger partial charge is 0.634 e. The van der Waals surface area contributed by atoms with E-state index in [2.05, 4.69) is 29.1 Å². The molecule has 1 unspecified atom stereocenters. The van der Waals surface area contributed by atoms with Crippen LogP contribution in [0, 0.1) is 5.21 Å². The molecule has 0 aliphatic carbocycles. The Balaban J connectivity index is 3.33. The molecule has 1 amide bonds. The minimum Gasteiger partial charge on any atom is -0.634 e. The molecule has 6 nitrogen and oxygen atoms in total. The average molecular weight is 385 g/mol. The summed E-state index contributed by atoms with van der Waals surface area (Å²) in [5.74, 6) is -0.516. The van der Waals surface area contributed by atoms with E-state index in [-0.39, 0.29) is 12.5 Å². The molecule has 0 spiro atoms. The Labute approximate surface area is 165 Å². The molecule has 0 aliphatic rings. The summed E-state index contributed by atoms with van der Waals surface area (Å²) in [6.45, 7) is 3.61. The number of carbonyl (C=O) groups is 2. The summed E-state index contributed by atoms with van der Waals surface area (Å²) in [7, 11) is 1.31. The second-order valence-corrected chi connectivity index (χ2v) is 7.02. The van der Waals surface area contributed by atoms with Crippen LogP contribution in [0.25, 0.3) is 0 Å². The molecule has 0 rings (SSSR count). The average Bonchev–Trinajstić information content (AvgIpc) is 2.67. The lowest BCUT2D eigenvalue weighted by Crippen LogP contribution is -3.07. The van der Waals surface area contributed by atoms with Crippen LogP contribution in [-0.4, -0.2) is 38.6 Å². The van der Waals surface area contributed by atoms with Gasteiger partial charge in [0.05, 0.1) is 20.2 Å². The molecule has 0 heterocycles. The van der Waals surface area contributed by atoms with Gasteiger partial charge in [-0.1, -0.05) is 38.3 Å². The molecule has 0 aromatic carbocycles. The van der Waals surface area contributed by atoms with Crippen LogP contribution in [0.2, 0.25) is 0 Å². The number of ether oxygens (including phenoxy) is 1. The summed E-state index contributed by atoms with van der Waals surface area (Å²) in [5, 5.41) is 14.6. The Kier molecular flexibility index (Phi) is 18.4. The molecule has 0 saturated heterocycles. The van der Waals surface area contributed by atoms with Crippen molar-refractivity contribution in [2.45, 2.75) is 84.0 Å². The molecule has 0 aromatic rings. The summed E-state index contributed by atoms with van der Waals surface area (Å²) in [4.78, 5) is 22.4. The summed E-state index contributed by atoms with van der Waals surface area (Å²) in [6.07, 6.45) is 16.7. The lowest BCUT2D eigenvalue weighted by atomic mass is 10.1. The van der Waals surface area contributed by atoms with Crippen molar-refractivity contribution in [1.29, 1.82) is 0 Å². The molecule has 2 N–H and O–H groups in total. The smallest absolute Gasteiger partial charge is 0.325 e. The second kappa shape index (κ2) is 19.4. The lowest BCUT2D eigenvalue weighted by Gasteiger charge is -2.21. The topological polar surface area (TPSA) is 82.9 Å². The molecule has 0 radical (unpaired) electrons. The first-order valence-corrected chi connectivity index (χ1v) is 10.6. The quantitative estimate of drug-likeness (QED) is 0.165. The number of quaternary nitrogens is 1. The van der Waals surface area contributed by atoms with Gasteiger partial charge in [-0.15, -0.1) is 0 Å². The van der Waals surface area contributed by atoms with Crippen LogP contribution in [0.3, 0.4) is 0 Å². The van der Waals surface area contributed by atoms with Crippen molar-refractivity contribution in [2.24, 2.45) is 0 Å². The first kappa shape index (κ1) is 25.6. The van der Waals surface area contributed by atoms with Crippen LogP contribution in [0.5, 0.6) is 0 Å². The van der Waals surface area contributed by atoms with Crippen molar-refractivity contribution in [3.05, 3.63) is 17.4 Å². The fourth-order valence-electron chi connectivity index (χ4n) is 2.75. The molecule has 27 heavy (non-hydrogen) atoms. The third-order valence-electron chi connectivity index (χ3n) is 4.48. The van der Waals surface area contributed by atoms with E-state index in [0.29, 0.717) is 11.5 Å². The van der Waals surface area contributed by atoms with Crippen molar-refractivity contribution in [1.82, 2.24) is 5.32 Å². The zero-order valence-corrected chi connectivity index (χ0v) is 17.4. The number of methoxy groups -OCH3 is 1. The molecule has 1 atom stereocenters. The number of rotatable bonds is 18. The number of amides is 1. The van der Waals surface area contributed by atoms with E-state index >= 15 is 0 Å². The van der Waals surface area contributed by atoms with Crippen LogP contribution in [-0.2, 0) is 14.3 Å². The predicted octanol–water partition coefficient (Wildman–Crippen LogP) is 2.92. The minimum atomic E-state index is -0.422. The Morgan fingerprint density at radius 1 is 0.926 bits per heavy atom. The van der Waals surface area contributed by atoms with Gasteiger partial charge in [0, 0.05) is 6.42 Å². The van der Waals surface area contributed by atoms with E-state index in [1.807, 2.05) is 0 Å². The van der Waals surface area contributed by atoms with Crippen LogP contribution in [0.15, 0.2) is 12.2 Å². The Morgan fingerprint density at radius 3 is 2.15 bits per heavy atom. The fraction of sp³-hybridized carbons (Fsp3) is 0.810. The van der Waals surface area contributed by atoms with E-state index in [0.717, 1.165) is 77.3 Å². The fourth-order valence-corrected chi connectivity index (χ4v) is 2.75. The molecule has 0 bridgehead atoms. The third-order valence-corrected chi connectivity index (χ3v) is 4.48. The molecular weight excluding hydrogens is 344 g/mol. The van der Waals surface area contributed by atoms with E-state index in [9.17, 15) is 14.8 Å². The Bertz CT molecular complexity index is 400. The zero-order chi connectivity index (χ0) is 20.2. The van der Waals surface area contributed by atoms with Gasteiger partial charge in [-0.05, 0) is 51.4 Å². The van der Waals surface area contributed by atoms with Crippen LogP contribution >= 0.6 is 0 Å². The van der Waals surface area contributed by atoms with Crippen molar-refractivity contribution < 1.29 is 19.4 Å². The first-order chi connectivity index (χ1) is 13.1. The minimum absolute atomic E-state index is 0.0485. The van der Waals surface area contributed by atoms with Crippen LogP contribution in [0.4, 0.5) is 0 Å². The highest BCUT2D eigenvalue weighted by Crippen LogP contribution is 2.06. The SMILES string of the molecule is CCCCC[NH+]([O-])CCCC/C=C\CCCCCCC(=O)NCC(=O)OC. The highest BCUT2D eigenvalue weighted by Gasteiger charge is 2.04. The molecule has 0 aromatic heterocycles. The number of nitrogens with one attached hydrogen (secondary N) is 2. The second-order valence-electron chi connectivity index (χ2n) is 7.02. The summed E-state index contributed by atoms with van der Waals surface area (Å²) >= 11 is 0. The Morgan fingerprint density at radius 2 is 1.52 bits per heavy atom. The maximum absolute atomic E-state index is 11.6. The number of allylic oxidation sites excluding steroid dienone is 2. The standard InChI is InChI=1S/C21H40N2O4/c1-3-4-14-17-23(26)18-15-12-10-8-6-5-7-9-11-13-16-20(24)22-19-21(25)27-2/h6,8,23H,3-5,7,9-19H2,1-2H3,(H,22,24)/b8-6-. The van der Waals surface area contributed by atoms with E-state index in [1.54, 1.807) is 0 Å². The molecule has 158 valence electrons. The molecule has 0 fully saturated rings. The normalized spacial score (nSPS) is 12.3. The monoisotopic (exact) mass is 384 g/mol. The molecule has 0 saturated carbocycles. The Hall–Kier alpha value is -1.40. The van der Waals surface area contributed by atoms with Crippen LogP contribution in [0.1, 0.15) is 84.0 Å². The summed E-state index contributed by atoms with van der Waals surface area (Å²) in [5.41, 5.74) is 0. The third kappa shape index (κ3) is 19.2. The number of esters is 1. The van der Waals surface area contributed by atoms with Gasteiger partial charge in [-0.3, -0.25) is 9.59 Å². The predicted molar refractivity (Wildman–Crippen MR) is 109 cm³/mol. The summed E-state index contributed by atoms with van der Waals surface area (Å²) < 4.78 is 4.47. The first-order valence-electron chi connectivity index (χ1n) is 10.6. The van der Waals surface area contributed by atoms with Gasteiger partial charge < -0.3 is 20.3 Å². The van der Waals surface area contributed by atoms with E-state index in [1.165, 1.54) is 13.5 Å². The van der Waals surface area contributed by atoms with Crippen molar-refractivity contribution in [2.75, 3.05) is 26.7 Å². The number of hydrogen-bond acceptors (Lipinski definition) is 4. The van der Waals surface area contributed by atoms with Gasteiger partial charge in [-0.25, -0.2) is 0 Å². The van der Waals surface area contributed by atoms with Crippen LogP contribution < -0.4 is 10.4 Å². The van der Waals surface area contributed by atoms with Gasteiger partial charge >= 0.3 is 5.97 Å². The number of unbranched alkanes of at least 4 members (excludes halogenated alkanes) is 8. The summed E-state index contributed by atoms with van der Waals surface area (Å²) in [6, 6.07) is 0. The van der Waals surface area contributed by atoms with E-state index in [4.69, 9.17) is 0 Å². The molecule has 6 heteroatoms. The number of carbonyl (C=O) groups excluding carboxylic acids is 2. The van der Waals surface area contributed by atoms with Gasteiger partial charge in [0.15, 0.2) is 0 Å². The number of hydrogen-bond donors (Lipinski definition) is 2. The van der Waals surface area contributed by atoms with Gasteiger partial charge in [0.2, 0.25) is 5.91 Å². The number of hydroxylamine groups is 2. The highest BCUT2D eigenvalue weighted by atomic mass is 16.5. The van der Waals surface area contributed by atoms with Gasteiger partial charge in [0.25, 0.3) is 0 Å². The van der Waals surface area contributed by atoms with Crippen molar-refractivity contribution in [3.63, 3.8) is 0 Å².